The Kier molecular flexibility index (Phi) is 5.52. The predicted molar refractivity (Wildman–Crippen MR) is 79.3 cm³/mol. The van der Waals surface area contributed by atoms with Crippen LogP contribution in [0.3, 0.4) is 0 Å². The Morgan fingerprint density at radius 1 is 1.43 bits per heavy atom. The molecule has 0 heterocycles. The number of aliphatic hydroxyl groups excluding tert-OH is 1. The largest absolute Gasteiger partial charge is 0.496 e. The van der Waals surface area contributed by atoms with Gasteiger partial charge in [-0.25, -0.2) is 0 Å². The summed E-state index contributed by atoms with van der Waals surface area (Å²) in [5.41, 5.74) is 0.837. The van der Waals surface area contributed by atoms with Crippen LogP contribution in [-0.4, -0.2) is 29.8 Å². The standard InChI is InChI=1S/C15H22N2O4/c1-21-15-7-6-13(17(19)20)8-12(15)9-16-14-5-3-2-4-11(14)10-18/h6-8,11,14,16,18H,2-5,9-10H2,1H3. The van der Waals surface area contributed by atoms with Crippen LogP contribution in [0, 0.1) is 16.0 Å². The van der Waals surface area contributed by atoms with Gasteiger partial charge in [-0.2, -0.15) is 0 Å². The van der Waals surface area contributed by atoms with Crippen molar-refractivity contribution in [1.29, 1.82) is 0 Å². The van der Waals surface area contributed by atoms with Gasteiger partial charge in [0.15, 0.2) is 0 Å². The molecular formula is C15H22N2O4. The number of hydrogen-bond acceptors (Lipinski definition) is 5. The van der Waals surface area contributed by atoms with Gasteiger partial charge in [0.1, 0.15) is 5.75 Å². The molecule has 0 amide bonds. The van der Waals surface area contributed by atoms with Crippen molar-refractivity contribution in [1.82, 2.24) is 5.32 Å². The lowest BCUT2D eigenvalue weighted by Crippen LogP contribution is -2.39. The van der Waals surface area contributed by atoms with E-state index in [-0.39, 0.29) is 24.3 Å². The van der Waals surface area contributed by atoms with Gasteiger partial charge in [0, 0.05) is 36.9 Å². The van der Waals surface area contributed by atoms with Crippen molar-refractivity contribution in [3.63, 3.8) is 0 Å². The molecule has 1 fully saturated rings. The molecule has 0 aromatic heterocycles. The number of non-ortho nitro benzene ring substituents is 1. The summed E-state index contributed by atoms with van der Waals surface area (Å²) in [6.45, 7) is 0.690. The zero-order valence-corrected chi connectivity index (χ0v) is 12.2. The van der Waals surface area contributed by atoms with Crippen molar-refractivity contribution >= 4 is 5.69 Å². The fourth-order valence-electron chi connectivity index (χ4n) is 2.95. The van der Waals surface area contributed by atoms with Crippen molar-refractivity contribution < 1.29 is 14.8 Å². The molecule has 0 spiro atoms. The van der Waals surface area contributed by atoms with Gasteiger partial charge in [-0.15, -0.1) is 0 Å². The Balaban J connectivity index is 2.07. The van der Waals surface area contributed by atoms with Gasteiger partial charge in [-0.3, -0.25) is 10.1 Å². The van der Waals surface area contributed by atoms with Gasteiger partial charge in [0.2, 0.25) is 0 Å². The molecule has 0 bridgehead atoms. The lowest BCUT2D eigenvalue weighted by atomic mass is 9.85. The van der Waals surface area contributed by atoms with Crippen LogP contribution in [0.1, 0.15) is 31.2 Å². The Hall–Kier alpha value is -1.66. The number of nitro benzene ring substituents is 1. The molecule has 6 heteroatoms. The lowest BCUT2D eigenvalue weighted by molar-refractivity contribution is -0.384. The molecule has 0 radical (unpaired) electrons. The smallest absolute Gasteiger partial charge is 0.270 e. The van der Waals surface area contributed by atoms with Gasteiger partial charge in [-0.1, -0.05) is 12.8 Å². The first-order valence-electron chi connectivity index (χ1n) is 7.31. The van der Waals surface area contributed by atoms with E-state index < -0.39 is 4.92 Å². The Bertz CT molecular complexity index is 493. The van der Waals surface area contributed by atoms with E-state index >= 15 is 0 Å². The van der Waals surface area contributed by atoms with Crippen LogP contribution in [0.25, 0.3) is 0 Å². The summed E-state index contributed by atoms with van der Waals surface area (Å²) in [7, 11) is 1.56. The number of nitro groups is 1. The van der Waals surface area contributed by atoms with Gasteiger partial charge < -0.3 is 15.2 Å². The van der Waals surface area contributed by atoms with E-state index in [1.165, 1.54) is 6.07 Å². The highest BCUT2D eigenvalue weighted by atomic mass is 16.6. The molecule has 1 aromatic carbocycles. The van der Waals surface area contributed by atoms with Crippen molar-refractivity contribution in [3.8, 4) is 5.75 Å². The van der Waals surface area contributed by atoms with Gasteiger partial charge >= 0.3 is 0 Å². The zero-order valence-electron chi connectivity index (χ0n) is 12.2. The molecule has 2 atom stereocenters. The molecule has 21 heavy (non-hydrogen) atoms. The van der Waals surface area contributed by atoms with Crippen molar-refractivity contribution in [3.05, 3.63) is 33.9 Å². The molecular weight excluding hydrogens is 272 g/mol. The zero-order chi connectivity index (χ0) is 15.2. The maximum Gasteiger partial charge on any atom is 0.270 e. The lowest BCUT2D eigenvalue weighted by Gasteiger charge is -2.31. The fraction of sp³-hybridized carbons (Fsp3) is 0.600. The van der Waals surface area contributed by atoms with E-state index in [0.29, 0.717) is 12.3 Å². The molecule has 1 aliphatic carbocycles. The quantitative estimate of drug-likeness (QED) is 0.621. The first-order chi connectivity index (χ1) is 10.2. The molecule has 1 saturated carbocycles. The fourth-order valence-corrected chi connectivity index (χ4v) is 2.95. The maximum atomic E-state index is 10.9. The monoisotopic (exact) mass is 294 g/mol. The first kappa shape index (κ1) is 15.7. The van der Waals surface area contributed by atoms with Crippen molar-refractivity contribution in [2.75, 3.05) is 13.7 Å². The summed E-state index contributed by atoms with van der Waals surface area (Å²) in [5, 5.41) is 23.7. The van der Waals surface area contributed by atoms with Crippen LogP contribution >= 0.6 is 0 Å². The summed E-state index contributed by atoms with van der Waals surface area (Å²) in [4.78, 5) is 10.5. The minimum absolute atomic E-state index is 0.0648. The van der Waals surface area contributed by atoms with Crippen molar-refractivity contribution in [2.24, 2.45) is 5.92 Å². The summed E-state index contributed by atoms with van der Waals surface area (Å²) in [6, 6.07) is 4.87. The topological polar surface area (TPSA) is 84.6 Å². The van der Waals surface area contributed by atoms with E-state index in [2.05, 4.69) is 5.32 Å². The number of aliphatic hydroxyl groups is 1. The van der Waals surface area contributed by atoms with E-state index in [0.717, 1.165) is 31.2 Å². The Labute approximate surface area is 124 Å². The third kappa shape index (κ3) is 3.92. The van der Waals surface area contributed by atoms with Crippen LogP contribution in [0.5, 0.6) is 5.75 Å². The van der Waals surface area contributed by atoms with Gasteiger partial charge in [-0.05, 0) is 24.8 Å². The van der Waals surface area contributed by atoms with E-state index in [1.807, 2.05) is 0 Å². The molecule has 2 N–H and O–H groups in total. The number of benzene rings is 1. The van der Waals surface area contributed by atoms with Crippen LogP contribution in [0.4, 0.5) is 5.69 Å². The minimum Gasteiger partial charge on any atom is -0.496 e. The molecule has 1 aliphatic rings. The van der Waals surface area contributed by atoms with Crippen LogP contribution in [0.2, 0.25) is 0 Å². The normalized spacial score (nSPS) is 22.0. The second-order valence-corrected chi connectivity index (χ2v) is 5.47. The Morgan fingerprint density at radius 3 is 2.86 bits per heavy atom. The number of hydrogen-bond donors (Lipinski definition) is 2. The maximum absolute atomic E-state index is 10.9. The second kappa shape index (κ2) is 7.38. The van der Waals surface area contributed by atoms with Crippen molar-refractivity contribution in [2.45, 2.75) is 38.3 Å². The summed E-state index contributed by atoms with van der Waals surface area (Å²) >= 11 is 0. The number of nitrogens with zero attached hydrogens (tertiary/aromatic N) is 1. The molecule has 6 nitrogen and oxygen atoms in total. The average Bonchev–Trinajstić information content (AvgIpc) is 2.52. The van der Waals surface area contributed by atoms with Crippen LogP contribution in [-0.2, 0) is 6.54 Å². The predicted octanol–water partition coefficient (Wildman–Crippen LogP) is 2.24. The number of ether oxygens (including phenoxy) is 1. The highest BCUT2D eigenvalue weighted by Gasteiger charge is 2.24. The third-order valence-corrected chi connectivity index (χ3v) is 4.17. The van der Waals surface area contributed by atoms with Crippen LogP contribution in [0.15, 0.2) is 18.2 Å². The van der Waals surface area contributed by atoms with E-state index in [9.17, 15) is 15.2 Å². The average molecular weight is 294 g/mol. The molecule has 0 aliphatic heterocycles. The molecule has 0 saturated heterocycles. The highest BCUT2D eigenvalue weighted by Crippen LogP contribution is 2.27. The van der Waals surface area contributed by atoms with E-state index in [4.69, 9.17) is 4.74 Å². The summed E-state index contributed by atoms with van der Waals surface area (Å²) in [5.74, 6) is 0.910. The Morgan fingerprint density at radius 2 is 2.19 bits per heavy atom. The number of nitrogens with one attached hydrogen (secondary N) is 1. The minimum atomic E-state index is -0.403. The first-order valence-corrected chi connectivity index (χ1v) is 7.31. The highest BCUT2D eigenvalue weighted by molar-refractivity contribution is 5.43. The molecule has 1 aromatic rings. The number of methoxy groups -OCH3 is 1. The second-order valence-electron chi connectivity index (χ2n) is 5.47. The SMILES string of the molecule is COc1ccc([N+](=O)[O-])cc1CNC1CCCCC1CO. The van der Waals surface area contributed by atoms with E-state index in [1.54, 1.807) is 19.2 Å². The molecule has 116 valence electrons. The van der Waals surface area contributed by atoms with Gasteiger partial charge in [0.25, 0.3) is 5.69 Å². The third-order valence-electron chi connectivity index (χ3n) is 4.17. The number of rotatable bonds is 6. The summed E-state index contributed by atoms with van der Waals surface area (Å²) in [6.07, 6.45) is 4.37. The summed E-state index contributed by atoms with van der Waals surface area (Å²) < 4.78 is 5.26. The van der Waals surface area contributed by atoms with Crippen LogP contribution < -0.4 is 10.1 Å². The molecule has 2 rings (SSSR count). The molecule has 2 unspecified atom stereocenters. The van der Waals surface area contributed by atoms with Gasteiger partial charge in [0.05, 0.1) is 12.0 Å².